The van der Waals surface area contributed by atoms with E-state index < -0.39 is 17.9 Å². The quantitative estimate of drug-likeness (QED) is 0.422. The standard InChI is InChI=1S/C12H22N2O4/c1-5-6-7-8-12(10(17-3)18-4)9(15)14(2)11(16)13-12/h10H,5-8H2,1-4H3,(H,13,16)/t12-/m0/s1. The number of likely N-dealkylation sites (N-methyl/N-ethyl adjacent to an activating group) is 1. The van der Waals surface area contributed by atoms with Gasteiger partial charge in [-0.3, -0.25) is 9.69 Å². The van der Waals surface area contributed by atoms with Crippen LogP contribution in [-0.4, -0.2) is 49.9 Å². The number of hydrogen-bond acceptors (Lipinski definition) is 4. The minimum absolute atomic E-state index is 0.294. The van der Waals surface area contributed by atoms with Crippen molar-refractivity contribution in [3.8, 4) is 0 Å². The van der Waals surface area contributed by atoms with Gasteiger partial charge in [0.05, 0.1) is 0 Å². The summed E-state index contributed by atoms with van der Waals surface area (Å²) in [7, 11) is 4.39. The lowest BCUT2D eigenvalue weighted by Crippen LogP contribution is -2.57. The summed E-state index contributed by atoms with van der Waals surface area (Å²) in [4.78, 5) is 25.0. The fourth-order valence-corrected chi connectivity index (χ4v) is 2.32. The molecule has 18 heavy (non-hydrogen) atoms. The largest absolute Gasteiger partial charge is 0.353 e. The maximum atomic E-state index is 12.3. The Labute approximate surface area is 108 Å². The lowest BCUT2D eigenvalue weighted by molar-refractivity contribution is -0.169. The number of nitrogens with zero attached hydrogens (tertiary/aromatic N) is 1. The second kappa shape index (κ2) is 6.15. The monoisotopic (exact) mass is 258 g/mol. The number of amides is 3. The van der Waals surface area contributed by atoms with E-state index in [0.29, 0.717) is 6.42 Å². The minimum atomic E-state index is -1.09. The minimum Gasteiger partial charge on any atom is -0.353 e. The molecule has 3 amide bonds. The molecule has 0 bridgehead atoms. The SMILES string of the molecule is CCCCC[C@]1(C(OC)OC)NC(=O)N(C)C1=O. The molecule has 1 atom stereocenters. The Kier molecular flexibility index (Phi) is 5.10. The molecule has 0 spiro atoms. The molecule has 1 aliphatic rings. The topological polar surface area (TPSA) is 67.9 Å². The van der Waals surface area contributed by atoms with Gasteiger partial charge in [0.15, 0.2) is 11.8 Å². The van der Waals surface area contributed by atoms with Crippen LogP contribution in [0.25, 0.3) is 0 Å². The molecule has 6 heteroatoms. The molecule has 1 heterocycles. The first-order chi connectivity index (χ1) is 8.53. The molecule has 0 aliphatic carbocycles. The van der Waals surface area contributed by atoms with E-state index in [1.54, 1.807) is 0 Å². The Hall–Kier alpha value is -1.14. The first-order valence-electron chi connectivity index (χ1n) is 6.19. The summed E-state index contributed by atoms with van der Waals surface area (Å²) >= 11 is 0. The summed E-state index contributed by atoms with van der Waals surface area (Å²) in [5.41, 5.74) is -1.09. The molecule has 6 nitrogen and oxygen atoms in total. The highest BCUT2D eigenvalue weighted by Gasteiger charge is 2.55. The van der Waals surface area contributed by atoms with E-state index in [4.69, 9.17) is 9.47 Å². The van der Waals surface area contributed by atoms with Gasteiger partial charge < -0.3 is 14.8 Å². The van der Waals surface area contributed by atoms with Gasteiger partial charge in [-0.1, -0.05) is 26.2 Å². The van der Waals surface area contributed by atoms with Gasteiger partial charge in [0, 0.05) is 21.3 Å². The third-order valence-electron chi connectivity index (χ3n) is 3.33. The second-order valence-corrected chi connectivity index (χ2v) is 4.53. The number of nitrogens with one attached hydrogen (secondary N) is 1. The summed E-state index contributed by atoms with van der Waals surface area (Å²) in [6, 6.07) is -0.407. The van der Waals surface area contributed by atoms with Gasteiger partial charge in [-0.2, -0.15) is 0 Å². The number of carbonyl (C=O) groups excluding carboxylic acids is 2. The summed E-state index contributed by atoms with van der Waals surface area (Å²) in [5, 5.41) is 2.72. The lowest BCUT2D eigenvalue weighted by atomic mass is 9.91. The van der Waals surface area contributed by atoms with Crippen molar-refractivity contribution in [2.24, 2.45) is 0 Å². The third kappa shape index (κ3) is 2.49. The fourth-order valence-electron chi connectivity index (χ4n) is 2.32. The average molecular weight is 258 g/mol. The number of ether oxygens (including phenoxy) is 2. The molecule has 0 aromatic rings. The summed E-state index contributed by atoms with van der Waals surface area (Å²) in [6.07, 6.45) is 2.62. The van der Waals surface area contributed by atoms with Gasteiger partial charge in [-0.25, -0.2) is 4.79 Å². The van der Waals surface area contributed by atoms with Crippen molar-refractivity contribution in [1.29, 1.82) is 0 Å². The van der Waals surface area contributed by atoms with Crippen molar-refractivity contribution in [1.82, 2.24) is 10.2 Å². The highest BCUT2D eigenvalue weighted by atomic mass is 16.7. The molecule has 0 radical (unpaired) electrons. The Bertz CT molecular complexity index is 317. The van der Waals surface area contributed by atoms with Crippen LogP contribution in [-0.2, 0) is 14.3 Å². The van der Waals surface area contributed by atoms with Crippen molar-refractivity contribution < 1.29 is 19.1 Å². The average Bonchev–Trinajstić information content (AvgIpc) is 2.57. The highest BCUT2D eigenvalue weighted by molar-refractivity contribution is 6.07. The number of hydrogen-bond donors (Lipinski definition) is 1. The Morgan fingerprint density at radius 1 is 1.28 bits per heavy atom. The third-order valence-corrected chi connectivity index (χ3v) is 3.33. The van der Waals surface area contributed by atoms with Gasteiger partial charge >= 0.3 is 6.03 Å². The zero-order chi connectivity index (χ0) is 13.8. The van der Waals surface area contributed by atoms with E-state index in [2.05, 4.69) is 12.2 Å². The van der Waals surface area contributed by atoms with E-state index in [0.717, 1.165) is 24.2 Å². The molecule has 1 rings (SSSR count). The van der Waals surface area contributed by atoms with Gasteiger partial charge in [0.1, 0.15) is 0 Å². The molecule has 0 saturated carbocycles. The Morgan fingerprint density at radius 3 is 2.28 bits per heavy atom. The predicted octanol–water partition coefficient (Wildman–Crippen LogP) is 1.11. The van der Waals surface area contributed by atoms with E-state index in [1.807, 2.05) is 0 Å². The molecular formula is C12H22N2O4. The van der Waals surface area contributed by atoms with Gasteiger partial charge in [0.2, 0.25) is 0 Å². The van der Waals surface area contributed by atoms with Crippen LogP contribution in [0.15, 0.2) is 0 Å². The van der Waals surface area contributed by atoms with Crippen LogP contribution in [0.1, 0.15) is 32.6 Å². The molecule has 1 fully saturated rings. The maximum Gasteiger partial charge on any atom is 0.324 e. The molecular weight excluding hydrogens is 236 g/mol. The van der Waals surface area contributed by atoms with E-state index >= 15 is 0 Å². The van der Waals surface area contributed by atoms with E-state index in [-0.39, 0.29) is 5.91 Å². The zero-order valence-corrected chi connectivity index (χ0v) is 11.5. The number of unbranched alkanes of at least 4 members (excludes halogenated alkanes) is 2. The van der Waals surface area contributed by atoms with Gasteiger partial charge in [-0.15, -0.1) is 0 Å². The Morgan fingerprint density at radius 2 is 1.89 bits per heavy atom. The van der Waals surface area contributed by atoms with Crippen LogP contribution in [0, 0.1) is 0 Å². The second-order valence-electron chi connectivity index (χ2n) is 4.53. The van der Waals surface area contributed by atoms with Crippen molar-refractivity contribution in [2.45, 2.75) is 44.4 Å². The number of urea groups is 1. The number of methoxy groups -OCH3 is 2. The van der Waals surface area contributed by atoms with Gasteiger partial charge in [-0.05, 0) is 6.42 Å². The van der Waals surface area contributed by atoms with Crippen LogP contribution in [0.3, 0.4) is 0 Å². The molecule has 0 unspecified atom stereocenters. The molecule has 1 N–H and O–H groups in total. The van der Waals surface area contributed by atoms with E-state index in [1.165, 1.54) is 21.3 Å². The number of carbonyl (C=O) groups is 2. The maximum absolute atomic E-state index is 12.3. The van der Waals surface area contributed by atoms with Crippen LogP contribution < -0.4 is 5.32 Å². The first-order valence-corrected chi connectivity index (χ1v) is 6.19. The molecule has 0 aromatic carbocycles. The van der Waals surface area contributed by atoms with Crippen LogP contribution in [0.2, 0.25) is 0 Å². The first kappa shape index (κ1) is 14.9. The van der Waals surface area contributed by atoms with Crippen LogP contribution in [0.4, 0.5) is 4.79 Å². The van der Waals surface area contributed by atoms with Crippen molar-refractivity contribution >= 4 is 11.9 Å². The molecule has 1 aliphatic heterocycles. The van der Waals surface area contributed by atoms with Crippen molar-refractivity contribution in [3.05, 3.63) is 0 Å². The zero-order valence-electron chi connectivity index (χ0n) is 11.5. The van der Waals surface area contributed by atoms with Gasteiger partial charge in [0.25, 0.3) is 5.91 Å². The summed E-state index contributed by atoms with van der Waals surface area (Å²) in [6.45, 7) is 2.08. The van der Waals surface area contributed by atoms with Crippen LogP contribution >= 0.6 is 0 Å². The smallest absolute Gasteiger partial charge is 0.324 e. The number of rotatable bonds is 7. The lowest BCUT2D eigenvalue weighted by Gasteiger charge is -2.32. The number of imide groups is 1. The van der Waals surface area contributed by atoms with E-state index in [9.17, 15) is 9.59 Å². The summed E-state index contributed by atoms with van der Waals surface area (Å²) < 4.78 is 10.4. The Balaban J connectivity index is 2.94. The predicted molar refractivity (Wildman–Crippen MR) is 66.0 cm³/mol. The molecule has 104 valence electrons. The fraction of sp³-hybridized carbons (Fsp3) is 0.833. The molecule has 1 saturated heterocycles. The van der Waals surface area contributed by atoms with Crippen LogP contribution in [0.5, 0.6) is 0 Å². The highest BCUT2D eigenvalue weighted by Crippen LogP contribution is 2.29. The van der Waals surface area contributed by atoms with Crippen molar-refractivity contribution in [3.63, 3.8) is 0 Å². The summed E-state index contributed by atoms with van der Waals surface area (Å²) in [5.74, 6) is -0.294. The van der Waals surface area contributed by atoms with Crippen molar-refractivity contribution in [2.75, 3.05) is 21.3 Å². The normalized spacial score (nSPS) is 23.9. The molecule has 0 aromatic heterocycles.